The number of carbonyl (C=O) groups excluding carboxylic acids is 1. The molecule has 0 unspecified atom stereocenters. The maximum atomic E-state index is 14.3. The lowest BCUT2D eigenvalue weighted by Gasteiger charge is -2.26. The minimum absolute atomic E-state index is 0.133. The van der Waals surface area contributed by atoms with Crippen molar-refractivity contribution in [2.45, 2.75) is 38.5 Å². The molecular weight excluding hydrogens is 459 g/mol. The van der Waals surface area contributed by atoms with Gasteiger partial charge in [-0.05, 0) is 49.4 Å². The standard InChI is InChI=1S/C27H25FN6O2/c1-18(36-27(35)30-15-19-6-3-2-4-7-19)9-10-22-21(14-20(28)16-29-22)24-8-5-13-34(24)25-12-11-23-26(33-25)32-17-31-23/h2-4,6-7,11-12,14,16-18,24H,5,8,13,15H2,1H3,(H,30,35)(H,31,32,33)/t18-,24-/m1/s1. The lowest BCUT2D eigenvalue weighted by Crippen LogP contribution is -2.27. The number of hydrogen-bond donors (Lipinski definition) is 2. The lowest BCUT2D eigenvalue weighted by molar-refractivity contribution is 0.130. The normalized spacial score (nSPS) is 15.8. The number of nitrogens with zero attached hydrogens (tertiary/aromatic N) is 4. The monoisotopic (exact) mass is 484 g/mol. The van der Waals surface area contributed by atoms with Crippen LogP contribution in [0.25, 0.3) is 11.2 Å². The van der Waals surface area contributed by atoms with E-state index in [2.05, 4.69) is 42.0 Å². The van der Waals surface area contributed by atoms with Gasteiger partial charge in [-0.1, -0.05) is 36.3 Å². The van der Waals surface area contributed by atoms with Gasteiger partial charge in [-0.3, -0.25) is 0 Å². The van der Waals surface area contributed by atoms with E-state index in [-0.39, 0.29) is 6.04 Å². The highest BCUT2D eigenvalue weighted by Crippen LogP contribution is 2.36. The van der Waals surface area contributed by atoms with Gasteiger partial charge in [0.15, 0.2) is 11.8 Å². The molecule has 9 heteroatoms. The SMILES string of the molecule is C[C@H](C#Cc1ncc(F)cc1[C@H]1CCCN1c1ccc2[nH]cnc2n1)OC(=O)NCc1ccccc1. The van der Waals surface area contributed by atoms with E-state index in [4.69, 9.17) is 4.74 Å². The Balaban J connectivity index is 1.31. The Hall–Kier alpha value is -4.45. The summed E-state index contributed by atoms with van der Waals surface area (Å²) in [6.07, 6.45) is 3.26. The van der Waals surface area contributed by atoms with Gasteiger partial charge in [-0.2, -0.15) is 0 Å². The van der Waals surface area contributed by atoms with Gasteiger partial charge in [0.05, 0.1) is 24.1 Å². The van der Waals surface area contributed by atoms with Crippen LogP contribution in [0.5, 0.6) is 0 Å². The average Bonchev–Trinajstić information content (AvgIpc) is 3.56. The number of aromatic nitrogens is 4. The van der Waals surface area contributed by atoms with Crippen LogP contribution in [0.1, 0.15) is 42.6 Å². The van der Waals surface area contributed by atoms with Crippen molar-refractivity contribution in [3.05, 3.63) is 83.7 Å². The molecule has 3 aromatic heterocycles. The minimum Gasteiger partial charge on any atom is -0.433 e. The first-order chi connectivity index (χ1) is 17.6. The summed E-state index contributed by atoms with van der Waals surface area (Å²) < 4.78 is 19.6. The molecule has 2 N–H and O–H groups in total. The summed E-state index contributed by atoms with van der Waals surface area (Å²) in [6.45, 7) is 2.82. The number of carbonyl (C=O) groups is 1. The van der Waals surface area contributed by atoms with Crippen LogP contribution in [0.15, 0.2) is 61.1 Å². The third-order valence-corrected chi connectivity index (χ3v) is 6.01. The molecule has 1 amide bonds. The third kappa shape index (κ3) is 5.28. The smallest absolute Gasteiger partial charge is 0.408 e. The van der Waals surface area contributed by atoms with Gasteiger partial charge in [0.2, 0.25) is 0 Å². The van der Waals surface area contributed by atoms with E-state index < -0.39 is 18.0 Å². The van der Waals surface area contributed by atoms with Gasteiger partial charge in [0, 0.05) is 18.7 Å². The number of imidazole rings is 1. The van der Waals surface area contributed by atoms with Gasteiger partial charge >= 0.3 is 6.09 Å². The van der Waals surface area contributed by atoms with Crippen LogP contribution >= 0.6 is 0 Å². The second kappa shape index (κ2) is 10.4. The third-order valence-electron chi connectivity index (χ3n) is 6.01. The molecule has 1 aromatic carbocycles. The Morgan fingerprint density at radius 1 is 1.28 bits per heavy atom. The summed E-state index contributed by atoms with van der Waals surface area (Å²) in [5, 5.41) is 2.71. The van der Waals surface area contributed by atoms with E-state index in [1.54, 1.807) is 13.3 Å². The number of pyridine rings is 2. The van der Waals surface area contributed by atoms with Gasteiger partial charge in [0.25, 0.3) is 0 Å². The molecule has 8 nitrogen and oxygen atoms in total. The molecule has 1 aliphatic heterocycles. The molecule has 2 atom stereocenters. The molecule has 0 radical (unpaired) electrons. The first-order valence-electron chi connectivity index (χ1n) is 11.8. The van der Waals surface area contributed by atoms with Crippen LogP contribution in [-0.4, -0.2) is 38.7 Å². The molecule has 1 fully saturated rings. The van der Waals surface area contributed by atoms with Crippen molar-refractivity contribution in [2.75, 3.05) is 11.4 Å². The van der Waals surface area contributed by atoms with Crippen LogP contribution < -0.4 is 10.2 Å². The average molecular weight is 485 g/mol. The molecule has 1 saturated heterocycles. The van der Waals surface area contributed by atoms with Crippen molar-refractivity contribution in [3.8, 4) is 11.8 Å². The number of hydrogen-bond acceptors (Lipinski definition) is 6. The van der Waals surface area contributed by atoms with Gasteiger partial charge in [-0.25, -0.2) is 24.1 Å². The maximum absolute atomic E-state index is 14.3. The van der Waals surface area contributed by atoms with E-state index in [0.29, 0.717) is 23.4 Å². The van der Waals surface area contributed by atoms with E-state index in [1.807, 2.05) is 42.5 Å². The number of ether oxygens (including phenoxy) is 1. The number of aromatic amines is 1. The Kier molecular flexibility index (Phi) is 6.76. The summed E-state index contributed by atoms with van der Waals surface area (Å²) in [6, 6.07) is 14.8. The molecule has 0 bridgehead atoms. The van der Waals surface area contributed by atoms with Crippen LogP contribution in [0, 0.1) is 17.7 Å². The lowest BCUT2D eigenvalue weighted by atomic mass is 10.0. The van der Waals surface area contributed by atoms with E-state index >= 15 is 0 Å². The van der Waals surface area contributed by atoms with Crippen LogP contribution in [0.3, 0.4) is 0 Å². The van der Waals surface area contributed by atoms with E-state index in [9.17, 15) is 9.18 Å². The second-order valence-corrected chi connectivity index (χ2v) is 8.54. The van der Waals surface area contributed by atoms with Crippen LogP contribution in [0.4, 0.5) is 15.0 Å². The minimum atomic E-state index is -0.677. The molecule has 0 saturated carbocycles. The predicted molar refractivity (Wildman–Crippen MR) is 134 cm³/mol. The van der Waals surface area contributed by atoms with E-state index in [0.717, 1.165) is 42.5 Å². The molecule has 5 rings (SSSR count). The van der Waals surface area contributed by atoms with E-state index in [1.165, 1.54) is 6.07 Å². The van der Waals surface area contributed by atoms with Gasteiger partial charge in [0.1, 0.15) is 17.3 Å². The van der Waals surface area contributed by atoms with Crippen LogP contribution in [0.2, 0.25) is 0 Å². The van der Waals surface area contributed by atoms with Crippen molar-refractivity contribution in [2.24, 2.45) is 0 Å². The fraction of sp³-hybridized carbons (Fsp3) is 0.259. The van der Waals surface area contributed by atoms with Gasteiger partial charge in [-0.15, -0.1) is 0 Å². The van der Waals surface area contributed by atoms with Crippen molar-refractivity contribution in [1.29, 1.82) is 0 Å². The zero-order valence-electron chi connectivity index (χ0n) is 19.7. The molecule has 1 aliphatic rings. The molecule has 0 aliphatic carbocycles. The number of alkyl carbamates (subject to hydrolysis) is 1. The summed E-state index contributed by atoms with van der Waals surface area (Å²) in [7, 11) is 0. The first kappa shape index (κ1) is 23.3. The highest BCUT2D eigenvalue weighted by molar-refractivity contribution is 5.72. The number of amides is 1. The summed E-state index contributed by atoms with van der Waals surface area (Å²) in [4.78, 5) is 30.5. The molecule has 182 valence electrons. The zero-order valence-corrected chi connectivity index (χ0v) is 19.7. The van der Waals surface area contributed by atoms with Crippen LogP contribution in [-0.2, 0) is 11.3 Å². The highest BCUT2D eigenvalue weighted by Gasteiger charge is 2.30. The van der Waals surface area contributed by atoms with Crippen molar-refractivity contribution < 1.29 is 13.9 Å². The number of rotatable bonds is 5. The number of nitrogens with one attached hydrogen (secondary N) is 2. The maximum Gasteiger partial charge on any atom is 0.408 e. The molecule has 36 heavy (non-hydrogen) atoms. The number of H-pyrrole nitrogens is 1. The van der Waals surface area contributed by atoms with Gasteiger partial charge < -0.3 is 19.9 Å². The summed E-state index contributed by atoms with van der Waals surface area (Å²) in [5.41, 5.74) is 3.59. The quantitative estimate of drug-likeness (QED) is 0.405. The predicted octanol–water partition coefficient (Wildman–Crippen LogP) is 4.50. The molecule has 0 spiro atoms. The Morgan fingerprint density at radius 2 is 2.14 bits per heavy atom. The second-order valence-electron chi connectivity index (χ2n) is 8.54. The number of halogens is 1. The number of fused-ring (bicyclic) bond motifs is 1. The number of anilines is 1. The molecular formula is C27H25FN6O2. The van der Waals surface area contributed by atoms with Crippen molar-refractivity contribution in [1.82, 2.24) is 25.3 Å². The topological polar surface area (TPSA) is 96.0 Å². The molecule has 4 heterocycles. The Bertz CT molecular complexity index is 1430. The summed E-state index contributed by atoms with van der Waals surface area (Å²) >= 11 is 0. The highest BCUT2D eigenvalue weighted by atomic mass is 19.1. The van der Waals surface area contributed by atoms with Crippen molar-refractivity contribution in [3.63, 3.8) is 0 Å². The summed E-state index contributed by atoms with van der Waals surface area (Å²) in [5.74, 6) is 6.26. The Morgan fingerprint density at radius 3 is 3.00 bits per heavy atom. The largest absolute Gasteiger partial charge is 0.433 e. The fourth-order valence-electron chi connectivity index (χ4n) is 4.32. The molecule has 4 aromatic rings. The fourth-order valence-corrected chi connectivity index (χ4v) is 4.32. The number of benzene rings is 1. The first-order valence-corrected chi connectivity index (χ1v) is 11.8. The zero-order chi connectivity index (χ0) is 24.9. The van der Waals surface area contributed by atoms with Crippen molar-refractivity contribution >= 4 is 23.1 Å². The Labute approximate surface area is 207 Å².